The molecule has 188 valence electrons. The molecule has 2 rings (SSSR count). The lowest BCUT2D eigenvalue weighted by molar-refractivity contribution is -0.140. The molecule has 2 unspecified atom stereocenters. The van der Waals surface area contributed by atoms with Crippen molar-refractivity contribution in [1.82, 2.24) is 0 Å². The lowest BCUT2D eigenvalue weighted by Gasteiger charge is -2.40. The number of rotatable bonds is 13. The van der Waals surface area contributed by atoms with Crippen LogP contribution in [-0.2, 0) is 18.8 Å². The largest absolute Gasteiger partial charge is 0.469 e. The van der Waals surface area contributed by atoms with Crippen molar-refractivity contribution in [3.05, 3.63) is 23.8 Å². The molecule has 0 saturated heterocycles. The summed E-state index contributed by atoms with van der Waals surface area (Å²) in [7, 11) is -0.430. The van der Waals surface area contributed by atoms with E-state index in [1.807, 2.05) is 6.08 Å². The fourth-order valence-electron chi connectivity index (χ4n) is 5.02. The molecule has 5 heteroatoms. The van der Waals surface area contributed by atoms with Gasteiger partial charge in [0.05, 0.1) is 13.2 Å². The van der Waals surface area contributed by atoms with Gasteiger partial charge < -0.3 is 9.16 Å². The van der Waals surface area contributed by atoms with Gasteiger partial charge >= 0.3 is 5.97 Å². The van der Waals surface area contributed by atoms with Gasteiger partial charge in [-0.1, -0.05) is 58.3 Å². The number of carbonyl (C=O) groups is 2. The number of allylic oxidation sites excluding steroid dienone is 3. The zero-order valence-corrected chi connectivity index (χ0v) is 23.2. The van der Waals surface area contributed by atoms with Gasteiger partial charge in [0.25, 0.3) is 0 Å². The fourth-order valence-corrected chi connectivity index (χ4v) is 6.39. The predicted molar refractivity (Wildman–Crippen MR) is 139 cm³/mol. The van der Waals surface area contributed by atoms with E-state index in [4.69, 9.17) is 9.16 Å². The summed E-state index contributed by atoms with van der Waals surface area (Å²) in [6.45, 7) is 13.7. The van der Waals surface area contributed by atoms with Crippen molar-refractivity contribution in [2.75, 3.05) is 7.11 Å². The second-order valence-electron chi connectivity index (χ2n) is 11.7. The Bertz CT molecular complexity index is 716. The molecule has 0 spiro atoms. The topological polar surface area (TPSA) is 52.6 Å². The average Bonchev–Trinajstić information content (AvgIpc) is 3.25. The Morgan fingerprint density at radius 3 is 2.45 bits per heavy atom. The first kappa shape index (κ1) is 28.0. The highest BCUT2D eigenvalue weighted by Gasteiger charge is 2.48. The highest BCUT2D eigenvalue weighted by Crippen LogP contribution is 2.51. The molecular formula is C28H48O4Si. The zero-order chi connectivity index (χ0) is 24.6. The molecule has 2 aliphatic rings. The van der Waals surface area contributed by atoms with Gasteiger partial charge in [-0.3, -0.25) is 9.59 Å². The average molecular weight is 477 g/mol. The van der Waals surface area contributed by atoms with E-state index in [-0.39, 0.29) is 22.9 Å². The second-order valence-corrected chi connectivity index (χ2v) is 16.4. The Balaban J connectivity index is 2.05. The van der Waals surface area contributed by atoms with E-state index in [2.05, 4.69) is 52.9 Å². The lowest BCUT2D eigenvalue weighted by Crippen LogP contribution is -2.45. The number of hydrogen-bond donors (Lipinski definition) is 0. The van der Waals surface area contributed by atoms with E-state index in [0.717, 1.165) is 51.4 Å². The van der Waals surface area contributed by atoms with Gasteiger partial charge in [-0.05, 0) is 74.6 Å². The molecule has 4 atom stereocenters. The molecule has 1 fully saturated rings. The Morgan fingerprint density at radius 1 is 1.12 bits per heavy atom. The van der Waals surface area contributed by atoms with Gasteiger partial charge in [-0.15, -0.1) is 0 Å². The van der Waals surface area contributed by atoms with E-state index in [1.54, 1.807) is 0 Å². The van der Waals surface area contributed by atoms with Gasteiger partial charge in [0.2, 0.25) is 0 Å². The number of methoxy groups -OCH3 is 1. The summed E-state index contributed by atoms with van der Waals surface area (Å²) in [6.07, 6.45) is 16.3. The standard InChI is InChI=1S/C28H48O4Si/c1-8-9-10-14-23(29)16-17-24-25-19-21(13-11-12-15-27(30)31-5)18-22(25)20-26(24)32-33(6,7)28(2,3)4/h16-18,22,24-26H,8-15,19-20H2,1-7H3/t22-,24?,25+,26?/m1/s1. The van der Waals surface area contributed by atoms with Crippen molar-refractivity contribution in [2.24, 2.45) is 17.8 Å². The third kappa shape index (κ3) is 8.20. The van der Waals surface area contributed by atoms with Gasteiger partial charge in [-0.25, -0.2) is 0 Å². The third-order valence-electron chi connectivity index (χ3n) is 8.07. The van der Waals surface area contributed by atoms with E-state index < -0.39 is 8.32 Å². The minimum Gasteiger partial charge on any atom is -0.469 e. The highest BCUT2D eigenvalue weighted by atomic mass is 28.4. The molecule has 0 aromatic rings. The van der Waals surface area contributed by atoms with Crippen molar-refractivity contribution in [3.63, 3.8) is 0 Å². The molecule has 0 N–H and O–H groups in total. The molecule has 0 aliphatic heterocycles. The Labute approximate surface area is 203 Å². The van der Waals surface area contributed by atoms with Crippen LogP contribution in [0, 0.1) is 17.8 Å². The molecule has 0 aromatic heterocycles. The van der Waals surface area contributed by atoms with E-state index in [0.29, 0.717) is 30.6 Å². The van der Waals surface area contributed by atoms with E-state index in [9.17, 15) is 9.59 Å². The molecule has 0 aromatic carbocycles. The first-order valence-corrected chi connectivity index (χ1v) is 16.0. The molecule has 0 radical (unpaired) electrons. The smallest absolute Gasteiger partial charge is 0.305 e. The first-order chi connectivity index (χ1) is 15.5. The quantitative estimate of drug-likeness (QED) is 0.0913. The third-order valence-corrected chi connectivity index (χ3v) is 12.6. The zero-order valence-electron chi connectivity index (χ0n) is 22.2. The lowest BCUT2D eigenvalue weighted by atomic mass is 9.88. The van der Waals surface area contributed by atoms with E-state index >= 15 is 0 Å². The summed E-state index contributed by atoms with van der Waals surface area (Å²) >= 11 is 0. The van der Waals surface area contributed by atoms with Crippen LogP contribution in [0.2, 0.25) is 18.1 Å². The van der Waals surface area contributed by atoms with Crippen LogP contribution in [0.4, 0.5) is 0 Å². The number of hydrogen-bond acceptors (Lipinski definition) is 4. The van der Waals surface area contributed by atoms with Crippen LogP contribution in [0.25, 0.3) is 0 Å². The first-order valence-electron chi connectivity index (χ1n) is 13.1. The van der Waals surface area contributed by atoms with Crippen LogP contribution in [0.5, 0.6) is 0 Å². The van der Waals surface area contributed by atoms with Crippen molar-refractivity contribution < 1.29 is 18.8 Å². The molecule has 0 amide bonds. The monoisotopic (exact) mass is 476 g/mol. The van der Waals surface area contributed by atoms with Crippen LogP contribution < -0.4 is 0 Å². The predicted octanol–water partition coefficient (Wildman–Crippen LogP) is 7.40. The van der Waals surface area contributed by atoms with Crippen molar-refractivity contribution in [2.45, 2.75) is 116 Å². The summed E-state index contributed by atoms with van der Waals surface area (Å²) in [6, 6.07) is 0. The fraction of sp³-hybridized carbons (Fsp3) is 0.786. The Kier molecular flexibility index (Phi) is 10.6. The van der Waals surface area contributed by atoms with Crippen molar-refractivity contribution in [3.8, 4) is 0 Å². The van der Waals surface area contributed by atoms with E-state index in [1.165, 1.54) is 12.7 Å². The summed E-state index contributed by atoms with van der Waals surface area (Å²) in [4.78, 5) is 23.8. The number of esters is 1. The molecule has 2 aliphatic carbocycles. The van der Waals surface area contributed by atoms with Gasteiger partial charge in [-0.2, -0.15) is 0 Å². The minimum absolute atomic E-state index is 0.119. The molecule has 0 bridgehead atoms. The van der Waals surface area contributed by atoms with Crippen LogP contribution in [-0.4, -0.2) is 33.3 Å². The van der Waals surface area contributed by atoms with Gasteiger partial charge in [0.1, 0.15) is 0 Å². The van der Waals surface area contributed by atoms with Gasteiger partial charge in [0, 0.05) is 18.8 Å². The number of fused-ring (bicyclic) bond motifs is 1. The normalized spacial score (nSPS) is 25.4. The molecule has 0 heterocycles. The number of unbranched alkanes of at least 4 members (excludes halogenated alkanes) is 3. The molecule has 33 heavy (non-hydrogen) atoms. The minimum atomic E-state index is -1.88. The van der Waals surface area contributed by atoms with Crippen LogP contribution in [0.3, 0.4) is 0 Å². The summed E-state index contributed by atoms with van der Waals surface area (Å²) in [5.41, 5.74) is 1.52. The molecular weight excluding hydrogens is 428 g/mol. The summed E-state index contributed by atoms with van der Waals surface area (Å²) in [5, 5.41) is 0.176. The van der Waals surface area contributed by atoms with Crippen molar-refractivity contribution in [1.29, 1.82) is 0 Å². The maximum absolute atomic E-state index is 12.5. The van der Waals surface area contributed by atoms with Crippen LogP contribution >= 0.6 is 0 Å². The molecule has 1 saturated carbocycles. The summed E-state index contributed by atoms with van der Waals surface area (Å²) < 4.78 is 11.7. The highest BCUT2D eigenvalue weighted by molar-refractivity contribution is 6.74. The number of ether oxygens (including phenoxy) is 1. The number of ketones is 1. The second kappa shape index (κ2) is 12.5. The maximum atomic E-state index is 12.5. The SMILES string of the molecule is CCCCCC(=O)C=CC1C(O[Si](C)(C)C(C)(C)C)C[C@H]2C=C(CCCCC(=O)OC)C[C@H]12. The summed E-state index contributed by atoms with van der Waals surface area (Å²) in [5.74, 6) is 1.53. The molecule has 4 nitrogen and oxygen atoms in total. The van der Waals surface area contributed by atoms with Crippen molar-refractivity contribution >= 4 is 20.1 Å². The van der Waals surface area contributed by atoms with Crippen LogP contribution in [0.15, 0.2) is 23.8 Å². The van der Waals surface area contributed by atoms with Crippen LogP contribution in [0.1, 0.15) is 91.9 Å². The number of carbonyl (C=O) groups excluding carboxylic acids is 2. The Hall–Kier alpha value is -1.20. The van der Waals surface area contributed by atoms with Gasteiger partial charge in [0.15, 0.2) is 14.1 Å². The Morgan fingerprint density at radius 2 is 1.82 bits per heavy atom. The maximum Gasteiger partial charge on any atom is 0.305 e.